The molecule has 4 rings (SSSR count). The van der Waals surface area contributed by atoms with Crippen LogP contribution in [-0.2, 0) is 9.31 Å². The first-order valence-corrected chi connectivity index (χ1v) is 9.43. The largest absolute Gasteiger partial charge is 0.494 e. The molecular formula is C19H28BN3O2. The highest BCUT2D eigenvalue weighted by Crippen LogP contribution is 2.36. The minimum Gasteiger partial charge on any atom is -0.399 e. The van der Waals surface area contributed by atoms with Crippen molar-refractivity contribution in [3.63, 3.8) is 0 Å². The van der Waals surface area contributed by atoms with Gasteiger partial charge >= 0.3 is 7.12 Å². The first-order chi connectivity index (χ1) is 11.8. The highest BCUT2D eigenvalue weighted by Gasteiger charge is 2.51. The smallest absolute Gasteiger partial charge is 0.399 e. The van der Waals surface area contributed by atoms with Crippen molar-refractivity contribution in [2.75, 3.05) is 11.9 Å². The topological polar surface area (TPSA) is 59.2 Å². The Morgan fingerprint density at radius 1 is 1.16 bits per heavy atom. The lowest BCUT2D eigenvalue weighted by molar-refractivity contribution is 0.00578. The molecule has 0 bridgehead atoms. The highest BCUT2D eigenvalue weighted by molar-refractivity contribution is 6.62. The zero-order valence-electron chi connectivity index (χ0n) is 15.7. The standard InChI is InChI=1S/C19H28BN3O2/c1-18(2)19(3,4)25-20(24-18)14-9-10-15-16(11-14)23-17(22-15)21-12-13-7-5-6-8-13/h9-11,13H,5-8,12H2,1-4H3,(H2,21,22,23). The van der Waals surface area contributed by atoms with Crippen LogP contribution in [0.5, 0.6) is 0 Å². The van der Waals surface area contributed by atoms with Gasteiger partial charge in [0, 0.05) is 6.54 Å². The molecule has 0 radical (unpaired) electrons. The Balaban J connectivity index is 1.50. The van der Waals surface area contributed by atoms with Gasteiger partial charge in [-0.15, -0.1) is 0 Å². The second-order valence-electron chi connectivity index (χ2n) is 8.48. The predicted molar refractivity (Wildman–Crippen MR) is 102 cm³/mol. The van der Waals surface area contributed by atoms with Crippen molar-refractivity contribution in [2.24, 2.45) is 5.92 Å². The fourth-order valence-electron chi connectivity index (χ4n) is 3.69. The van der Waals surface area contributed by atoms with E-state index in [4.69, 9.17) is 9.31 Å². The monoisotopic (exact) mass is 341 g/mol. The Bertz CT molecular complexity index is 749. The fraction of sp³-hybridized carbons (Fsp3) is 0.632. The van der Waals surface area contributed by atoms with Crippen LogP contribution in [0.15, 0.2) is 18.2 Å². The van der Waals surface area contributed by atoms with Gasteiger partial charge in [0.05, 0.1) is 22.2 Å². The molecular weight excluding hydrogens is 313 g/mol. The van der Waals surface area contributed by atoms with Crippen LogP contribution in [0, 0.1) is 5.92 Å². The predicted octanol–water partition coefficient (Wildman–Crippen LogP) is 3.46. The van der Waals surface area contributed by atoms with Gasteiger partial charge in [0.1, 0.15) is 0 Å². The number of fused-ring (bicyclic) bond motifs is 1. The lowest BCUT2D eigenvalue weighted by Crippen LogP contribution is -2.41. The number of rotatable bonds is 4. The maximum absolute atomic E-state index is 6.15. The van der Waals surface area contributed by atoms with Crippen LogP contribution in [0.4, 0.5) is 5.95 Å². The van der Waals surface area contributed by atoms with Crippen LogP contribution < -0.4 is 10.8 Å². The number of hydrogen-bond acceptors (Lipinski definition) is 4. The molecule has 0 amide bonds. The van der Waals surface area contributed by atoms with E-state index in [2.05, 4.69) is 49.0 Å². The number of hydrogen-bond donors (Lipinski definition) is 2. The van der Waals surface area contributed by atoms with Gasteiger partial charge in [-0.25, -0.2) is 4.98 Å². The zero-order chi connectivity index (χ0) is 17.7. The number of imidazole rings is 1. The Hall–Kier alpha value is -1.53. The summed E-state index contributed by atoms with van der Waals surface area (Å²) in [7, 11) is -0.340. The van der Waals surface area contributed by atoms with Crippen LogP contribution in [0.3, 0.4) is 0 Å². The van der Waals surface area contributed by atoms with Gasteiger partial charge in [-0.05, 0) is 64.1 Å². The average molecular weight is 341 g/mol. The molecule has 2 fully saturated rings. The summed E-state index contributed by atoms with van der Waals surface area (Å²) in [6.07, 6.45) is 5.40. The average Bonchev–Trinajstić information content (AvgIpc) is 3.23. The number of benzene rings is 1. The van der Waals surface area contributed by atoms with Crippen LogP contribution >= 0.6 is 0 Å². The Morgan fingerprint density at radius 2 is 1.84 bits per heavy atom. The molecule has 0 unspecified atom stereocenters. The molecule has 6 heteroatoms. The van der Waals surface area contributed by atoms with E-state index in [0.29, 0.717) is 0 Å². The molecule has 1 aromatic carbocycles. The van der Waals surface area contributed by atoms with Gasteiger partial charge in [-0.3, -0.25) is 0 Å². The van der Waals surface area contributed by atoms with Gasteiger partial charge in [-0.2, -0.15) is 0 Å². The van der Waals surface area contributed by atoms with Crippen molar-refractivity contribution in [1.82, 2.24) is 9.97 Å². The summed E-state index contributed by atoms with van der Waals surface area (Å²) in [4.78, 5) is 8.04. The first-order valence-electron chi connectivity index (χ1n) is 9.43. The number of nitrogens with zero attached hydrogens (tertiary/aromatic N) is 1. The SMILES string of the molecule is CC1(C)OB(c2ccc3nc(NCC4CCCC4)[nH]c3c2)OC1(C)C. The molecule has 0 spiro atoms. The van der Waals surface area contributed by atoms with Gasteiger partial charge in [0.2, 0.25) is 5.95 Å². The molecule has 2 N–H and O–H groups in total. The number of H-pyrrole nitrogens is 1. The summed E-state index contributed by atoms with van der Waals surface area (Å²) >= 11 is 0. The molecule has 134 valence electrons. The van der Waals surface area contributed by atoms with E-state index in [1.807, 2.05) is 12.1 Å². The highest BCUT2D eigenvalue weighted by atomic mass is 16.7. The van der Waals surface area contributed by atoms with E-state index in [1.165, 1.54) is 25.7 Å². The number of aromatic nitrogens is 2. The Labute approximate surface area is 150 Å². The molecule has 1 aliphatic heterocycles. The minimum absolute atomic E-state index is 0.325. The summed E-state index contributed by atoms with van der Waals surface area (Å²) in [6, 6.07) is 6.17. The molecule has 1 aromatic heterocycles. The molecule has 5 nitrogen and oxygen atoms in total. The first kappa shape index (κ1) is 16.9. The molecule has 2 aliphatic rings. The van der Waals surface area contributed by atoms with Gasteiger partial charge in [-0.1, -0.05) is 18.9 Å². The van der Waals surface area contributed by atoms with E-state index >= 15 is 0 Å². The maximum Gasteiger partial charge on any atom is 0.494 e. The summed E-state index contributed by atoms with van der Waals surface area (Å²) in [5, 5.41) is 3.46. The molecule has 1 saturated heterocycles. The Morgan fingerprint density at radius 3 is 2.52 bits per heavy atom. The molecule has 25 heavy (non-hydrogen) atoms. The lowest BCUT2D eigenvalue weighted by Gasteiger charge is -2.32. The van der Waals surface area contributed by atoms with Gasteiger partial charge in [0.15, 0.2) is 0 Å². The van der Waals surface area contributed by atoms with Gasteiger partial charge < -0.3 is 19.6 Å². The van der Waals surface area contributed by atoms with Crippen LogP contribution in [0.2, 0.25) is 0 Å². The summed E-state index contributed by atoms with van der Waals surface area (Å²) < 4.78 is 12.3. The second-order valence-corrected chi connectivity index (χ2v) is 8.48. The fourth-order valence-corrected chi connectivity index (χ4v) is 3.69. The van der Waals surface area contributed by atoms with Crippen molar-refractivity contribution in [1.29, 1.82) is 0 Å². The van der Waals surface area contributed by atoms with Crippen molar-refractivity contribution in [2.45, 2.75) is 64.6 Å². The second kappa shape index (κ2) is 6.03. The minimum atomic E-state index is -0.340. The molecule has 1 aliphatic carbocycles. The number of aromatic amines is 1. The maximum atomic E-state index is 6.15. The van der Waals surface area contributed by atoms with E-state index in [1.54, 1.807) is 0 Å². The molecule has 2 aromatic rings. The number of anilines is 1. The number of nitrogens with one attached hydrogen (secondary N) is 2. The van der Waals surface area contributed by atoms with Crippen LogP contribution in [0.25, 0.3) is 11.0 Å². The Kier molecular flexibility index (Phi) is 4.08. The summed E-state index contributed by atoms with van der Waals surface area (Å²) in [5.41, 5.74) is 2.36. The van der Waals surface area contributed by atoms with Crippen molar-refractivity contribution in [3.8, 4) is 0 Å². The third kappa shape index (κ3) is 3.18. The molecule has 1 saturated carbocycles. The van der Waals surface area contributed by atoms with E-state index in [0.717, 1.165) is 34.9 Å². The van der Waals surface area contributed by atoms with Crippen LogP contribution in [-0.4, -0.2) is 34.8 Å². The van der Waals surface area contributed by atoms with E-state index in [-0.39, 0.29) is 18.3 Å². The van der Waals surface area contributed by atoms with Gasteiger partial charge in [0.25, 0.3) is 0 Å². The van der Waals surface area contributed by atoms with Crippen molar-refractivity contribution in [3.05, 3.63) is 18.2 Å². The van der Waals surface area contributed by atoms with Crippen LogP contribution in [0.1, 0.15) is 53.4 Å². The zero-order valence-corrected chi connectivity index (χ0v) is 15.7. The normalized spacial score (nSPS) is 22.8. The summed E-state index contributed by atoms with van der Waals surface area (Å²) in [6.45, 7) is 9.31. The van der Waals surface area contributed by atoms with E-state index in [9.17, 15) is 0 Å². The summed E-state index contributed by atoms with van der Waals surface area (Å²) in [5.74, 6) is 1.64. The van der Waals surface area contributed by atoms with Crippen molar-refractivity contribution >= 4 is 29.6 Å². The lowest BCUT2D eigenvalue weighted by atomic mass is 9.79. The third-order valence-corrected chi connectivity index (χ3v) is 6.06. The van der Waals surface area contributed by atoms with E-state index < -0.39 is 0 Å². The quantitative estimate of drug-likeness (QED) is 0.836. The molecule has 0 atom stereocenters. The van der Waals surface area contributed by atoms with Crippen molar-refractivity contribution < 1.29 is 9.31 Å². The third-order valence-electron chi connectivity index (χ3n) is 6.06. The molecule has 2 heterocycles.